The molecule has 0 fully saturated rings. The van der Waals surface area contributed by atoms with Gasteiger partial charge in [-0.3, -0.25) is 4.79 Å². The number of ether oxygens (including phenoxy) is 1. The molecule has 0 spiro atoms. The molecular formula is C4H6O4. The standard InChI is InChI=1S/C4H6O4/c1-3(6)8-4(7)2-5/h5H,2H2,1H3. The summed E-state index contributed by atoms with van der Waals surface area (Å²) in [6, 6.07) is 0. The maximum absolute atomic E-state index is 9.93. The Bertz CT molecular complexity index is 107. The molecule has 0 unspecified atom stereocenters. The Hall–Kier alpha value is -0.900. The average Bonchev–Trinajstić information content (AvgIpc) is 1.65. The molecule has 46 valence electrons. The molecule has 1 N–H and O–H groups in total. The van der Waals surface area contributed by atoms with Gasteiger partial charge in [0.15, 0.2) is 0 Å². The Morgan fingerprint density at radius 1 is 1.62 bits per heavy atom. The number of aliphatic hydroxyl groups excluding tert-OH is 1. The lowest BCUT2D eigenvalue weighted by molar-refractivity contribution is -0.160. The SMILES string of the molecule is CC(=O)OC(=O)CO. The van der Waals surface area contributed by atoms with E-state index in [-0.39, 0.29) is 0 Å². The van der Waals surface area contributed by atoms with Crippen molar-refractivity contribution in [1.82, 2.24) is 0 Å². The lowest BCUT2D eigenvalue weighted by Gasteiger charge is -1.91. The van der Waals surface area contributed by atoms with E-state index < -0.39 is 18.5 Å². The van der Waals surface area contributed by atoms with Gasteiger partial charge in [-0.15, -0.1) is 0 Å². The molecule has 0 radical (unpaired) electrons. The predicted molar refractivity (Wildman–Crippen MR) is 23.9 cm³/mol. The molecule has 0 aliphatic carbocycles. The number of hydrogen-bond acceptors (Lipinski definition) is 4. The Kier molecular flexibility index (Phi) is 2.79. The summed E-state index contributed by atoms with van der Waals surface area (Å²) in [5.74, 6) is -1.62. The van der Waals surface area contributed by atoms with Crippen molar-refractivity contribution >= 4 is 11.9 Å². The normalized spacial score (nSPS) is 8.25. The third-order valence-electron chi connectivity index (χ3n) is 0.387. The molecular weight excluding hydrogens is 112 g/mol. The van der Waals surface area contributed by atoms with Crippen LogP contribution >= 0.6 is 0 Å². The highest BCUT2D eigenvalue weighted by atomic mass is 16.6. The lowest BCUT2D eigenvalue weighted by Crippen LogP contribution is -2.12. The maximum atomic E-state index is 9.93. The van der Waals surface area contributed by atoms with Crippen LogP contribution in [-0.2, 0) is 14.3 Å². The van der Waals surface area contributed by atoms with E-state index in [1.165, 1.54) is 0 Å². The summed E-state index contributed by atoms with van der Waals surface area (Å²) in [7, 11) is 0. The van der Waals surface area contributed by atoms with Crippen LogP contribution in [0.25, 0.3) is 0 Å². The molecule has 8 heavy (non-hydrogen) atoms. The summed E-state index contributed by atoms with van der Waals surface area (Å²) in [5, 5.41) is 7.96. The van der Waals surface area contributed by atoms with Crippen LogP contribution in [0.4, 0.5) is 0 Å². The van der Waals surface area contributed by atoms with Crippen molar-refractivity contribution in [2.24, 2.45) is 0 Å². The van der Waals surface area contributed by atoms with Crippen molar-refractivity contribution < 1.29 is 19.4 Å². The van der Waals surface area contributed by atoms with Crippen LogP contribution in [0, 0.1) is 0 Å². The van der Waals surface area contributed by atoms with Crippen LogP contribution in [0.2, 0.25) is 0 Å². The van der Waals surface area contributed by atoms with Gasteiger partial charge in [-0.1, -0.05) is 0 Å². The molecule has 0 amide bonds. The Labute approximate surface area is 46.1 Å². The first-order chi connectivity index (χ1) is 3.66. The second-order valence-electron chi connectivity index (χ2n) is 1.12. The zero-order valence-corrected chi connectivity index (χ0v) is 4.38. The van der Waals surface area contributed by atoms with Gasteiger partial charge < -0.3 is 9.84 Å². The van der Waals surface area contributed by atoms with Crippen LogP contribution in [0.15, 0.2) is 0 Å². The minimum Gasteiger partial charge on any atom is -0.392 e. The Balaban J connectivity index is 3.40. The van der Waals surface area contributed by atoms with Crippen molar-refractivity contribution in [2.45, 2.75) is 6.92 Å². The van der Waals surface area contributed by atoms with Crippen LogP contribution in [0.1, 0.15) is 6.92 Å². The zero-order valence-electron chi connectivity index (χ0n) is 4.38. The second-order valence-corrected chi connectivity index (χ2v) is 1.12. The topological polar surface area (TPSA) is 63.6 Å². The molecule has 0 aromatic carbocycles. The molecule has 0 atom stereocenters. The average molecular weight is 118 g/mol. The molecule has 0 aromatic rings. The second kappa shape index (κ2) is 3.15. The number of rotatable bonds is 1. The van der Waals surface area contributed by atoms with Crippen LogP contribution in [0.3, 0.4) is 0 Å². The van der Waals surface area contributed by atoms with E-state index in [0.717, 1.165) is 6.92 Å². The van der Waals surface area contributed by atoms with Crippen LogP contribution in [0.5, 0.6) is 0 Å². The number of esters is 2. The van der Waals surface area contributed by atoms with Gasteiger partial charge >= 0.3 is 11.9 Å². The fraction of sp³-hybridized carbons (Fsp3) is 0.500. The van der Waals surface area contributed by atoms with E-state index in [1.807, 2.05) is 0 Å². The van der Waals surface area contributed by atoms with Gasteiger partial charge in [-0.25, -0.2) is 4.79 Å². The molecule has 0 bridgehead atoms. The van der Waals surface area contributed by atoms with Crippen LogP contribution in [-0.4, -0.2) is 23.7 Å². The zero-order chi connectivity index (χ0) is 6.57. The van der Waals surface area contributed by atoms with Gasteiger partial charge in [0.2, 0.25) is 0 Å². The van der Waals surface area contributed by atoms with Crippen LogP contribution < -0.4 is 0 Å². The quantitative estimate of drug-likeness (QED) is 0.357. The van der Waals surface area contributed by atoms with Crippen molar-refractivity contribution in [3.8, 4) is 0 Å². The highest BCUT2D eigenvalue weighted by Gasteiger charge is 2.00. The fourth-order valence-corrected chi connectivity index (χ4v) is 0.193. The van der Waals surface area contributed by atoms with Gasteiger partial charge in [-0.05, 0) is 0 Å². The van der Waals surface area contributed by atoms with Gasteiger partial charge in [0.05, 0.1) is 0 Å². The lowest BCUT2D eigenvalue weighted by atomic mass is 10.7. The monoisotopic (exact) mass is 118 g/mol. The summed E-state index contributed by atoms with van der Waals surface area (Å²) in [4.78, 5) is 19.8. The first-order valence-corrected chi connectivity index (χ1v) is 1.99. The number of aliphatic hydroxyl groups is 1. The van der Waals surface area contributed by atoms with Crippen molar-refractivity contribution in [3.05, 3.63) is 0 Å². The van der Waals surface area contributed by atoms with Crippen molar-refractivity contribution in [3.63, 3.8) is 0 Å². The van der Waals surface area contributed by atoms with E-state index in [4.69, 9.17) is 5.11 Å². The maximum Gasteiger partial charge on any atom is 0.339 e. The smallest absolute Gasteiger partial charge is 0.339 e. The molecule has 0 aliphatic heterocycles. The van der Waals surface area contributed by atoms with Gasteiger partial charge in [0, 0.05) is 6.92 Å². The summed E-state index contributed by atoms with van der Waals surface area (Å²) in [6.45, 7) is 0.340. The summed E-state index contributed by atoms with van der Waals surface area (Å²) < 4.78 is 3.87. The highest BCUT2D eigenvalue weighted by molar-refractivity contribution is 5.84. The molecule has 0 aliphatic rings. The fourth-order valence-electron chi connectivity index (χ4n) is 0.193. The summed E-state index contributed by atoms with van der Waals surface area (Å²) >= 11 is 0. The Morgan fingerprint density at radius 3 is 2.25 bits per heavy atom. The summed E-state index contributed by atoms with van der Waals surface area (Å²) in [5.41, 5.74) is 0. The molecule has 0 saturated carbocycles. The molecule has 0 heterocycles. The van der Waals surface area contributed by atoms with Gasteiger partial charge in [0.1, 0.15) is 6.61 Å². The third-order valence-corrected chi connectivity index (χ3v) is 0.387. The van der Waals surface area contributed by atoms with E-state index in [2.05, 4.69) is 4.74 Å². The minimum absolute atomic E-state index is 0.705. The third kappa shape index (κ3) is 3.30. The number of carbonyl (C=O) groups is 2. The molecule has 0 aromatic heterocycles. The van der Waals surface area contributed by atoms with E-state index in [0.29, 0.717) is 0 Å². The first-order valence-electron chi connectivity index (χ1n) is 1.99. The first kappa shape index (κ1) is 7.10. The van der Waals surface area contributed by atoms with Gasteiger partial charge in [0.25, 0.3) is 0 Å². The number of hydrogen-bond donors (Lipinski definition) is 1. The molecule has 0 saturated heterocycles. The molecule has 0 rings (SSSR count). The van der Waals surface area contributed by atoms with Gasteiger partial charge in [-0.2, -0.15) is 0 Å². The Morgan fingerprint density at radius 2 is 2.12 bits per heavy atom. The molecule has 4 heteroatoms. The summed E-state index contributed by atoms with van der Waals surface area (Å²) in [6.07, 6.45) is 0. The predicted octanol–water partition coefficient (Wildman–Crippen LogP) is -0.932. The van der Waals surface area contributed by atoms with E-state index in [9.17, 15) is 9.59 Å². The van der Waals surface area contributed by atoms with Crippen molar-refractivity contribution in [2.75, 3.05) is 6.61 Å². The molecule has 4 nitrogen and oxygen atoms in total. The van der Waals surface area contributed by atoms with E-state index in [1.54, 1.807) is 0 Å². The van der Waals surface area contributed by atoms with Crippen molar-refractivity contribution in [1.29, 1.82) is 0 Å². The van der Waals surface area contributed by atoms with E-state index >= 15 is 0 Å². The largest absolute Gasteiger partial charge is 0.392 e. The minimum atomic E-state index is -0.919. The highest BCUT2D eigenvalue weighted by Crippen LogP contribution is 1.75. The number of carbonyl (C=O) groups excluding carboxylic acids is 2.